The summed E-state index contributed by atoms with van der Waals surface area (Å²) in [5.41, 5.74) is 2.36. The summed E-state index contributed by atoms with van der Waals surface area (Å²) in [5.74, 6) is 0.215. The van der Waals surface area contributed by atoms with Gasteiger partial charge >= 0.3 is 0 Å². The van der Waals surface area contributed by atoms with Crippen molar-refractivity contribution in [3.05, 3.63) is 65.7 Å². The van der Waals surface area contributed by atoms with Gasteiger partial charge in [-0.1, -0.05) is 55.0 Å². The summed E-state index contributed by atoms with van der Waals surface area (Å²) in [4.78, 5) is 28.2. The third kappa shape index (κ3) is 7.04. The van der Waals surface area contributed by atoms with E-state index in [1.54, 1.807) is 4.90 Å². The van der Waals surface area contributed by atoms with Gasteiger partial charge in [0.25, 0.3) is 0 Å². The number of carbonyl (C=O) groups excluding carboxylic acids is 2. The second kappa shape index (κ2) is 11.5. The van der Waals surface area contributed by atoms with Crippen LogP contribution in [0.15, 0.2) is 59.5 Å². The van der Waals surface area contributed by atoms with Crippen molar-refractivity contribution in [2.45, 2.75) is 44.6 Å². The van der Waals surface area contributed by atoms with E-state index in [-0.39, 0.29) is 11.8 Å². The molecule has 1 atom stereocenters. The number of hydrogen-bond donors (Lipinski definition) is 1. The molecule has 0 unspecified atom stereocenters. The Labute approximate surface area is 172 Å². The van der Waals surface area contributed by atoms with Gasteiger partial charge in [0.05, 0.1) is 5.75 Å². The van der Waals surface area contributed by atoms with Gasteiger partial charge in [-0.05, 0) is 44.4 Å². The van der Waals surface area contributed by atoms with Crippen LogP contribution in [0.1, 0.15) is 31.4 Å². The summed E-state index contributed by atoms with van der Waals surface area (Å²) < 4.78 is 0. The number of rotatable bonds is 10. The first-order valence-corrected chi connectivity index (χ1v) is 10.8. The largest absolute Gasteiger partial charge is 0.354 e. The van der Waals surface area contributed by atoms with Gasteiger partial charge in [0.15, 0.2) is 0 Å². The minimum atomic E-state index is -0.485. The van der Waals surface area contributed by atoms with Crippen molar-refractivity contribution < 1.29 is 9.59 Å². The summed E-state index contributed by atoms with van der Waals surface area (Å²) in [6.07, 6.45) is 1.60. The zero-order chi connectivity index (χ0) is 20.4. The molecule has 0 aliphatic rings. The van der Waals surface area contributed by atoms with Crippen LogP contribution < -0.4 is 5.32 Å². The fourth-order valence-electron chi connectivity index (χ4n) is 2.83. The molecule has 2 amide bonds. The monoisotopic (exact) mass is 398 g/mol. The van der Waals surface area contributed by atoms with E-state index in [4.69, 9.17) is 0 Å². The average Bonchev–Trinajstić information content (AvgIpc) is 2.72. The summed E-state index contributed by atoms with van der Waals surface area (Å²) >= 11 is 1.51. The highest BCUT2D eigenvalue weighted by molar-refractivity contribution is 8.00. The fraction of sp³-hybridized carbons (Fsp3) is 0.391. The standard InChI is InChI=1S/C23H30N2O2S/c1-4-15-24-23(27)19(3)25(16-14-20-8-6-5-7-9-20)22(26)17-28-21-12-10-18(2)11-13-21/h5-13,19H,4,14-17H2,1-3H3,(H,24,27)/t19-/m0/s1. The van der Waals surface area contributed by atoms with Gasteiger partial charge in [-0.15, -0.1) is 11.8 Å². The van der Waals surface area contributed by atoms with E-state index < -0.39 is 6.04 Å². The van der Waals surface area contributed by atoms with Crippen molar-refractivity contribution >= 4 is 23.6 Å². The van der Waals surface area contributed by atoms with E-state index in [2.05, 4.69) is 5.32 Å². The van der Waals surface area contributed by atoms with E-state index in [1.165, 1.54) is 17.3 Å². The summed E-state index contributed by atoms with van der Waals surface area (Å²) in [6.45, 7) is 7.02. The van der Waals surface area contributed by atoms with Crippen molar-refractivity contribution in [2.24, 2.45) is 0 Å². The van der Waals surface area contributed by atoms with Crippen LogP contribution >= 0.6 is 11.8 Å². The predicted octanol–water partition coefficient (Wildman–Crippen LogP) is 4.07. The lowest BCUT2D eigenvalue weighted by molar-refractivity contribution is -0.137. The third-order valence-corrected chi connectivity index (χ3v) is 5.58. The first-order valence-electron chi connectivity index (χ1n) is 9.81. The second-order valence-corrected chi connectivity index (χ2v) is 7.94. The van der Waals surface area contributed by atoms with Crippen LogP contribution in [-0.4, -0.2) is 41.6 Å². The van der Waals surface area contributed by atoms with Crippen LogP contribution in [0.4, 0.5) is 0 Å². The highest BCUT2D eigenvalue weighted by Gasteiger charge is 2.25. The Hall–Kier alpha value is -2.27. The molecule has 0 aliphatic carbocycles. The topological polar surface area (TPSA) is 49.4 Å². The van der Waals surface area contributed by atoms with Gasteiger partial charge in [-0.25, -0.2) is 0 Å². The Morgan fingerprint density at radius 2 is 1.75 bits per heavy atom. The Morgan fingerprint density at radius 1 is 1.07 bits per heavy atom. The lowest BCUT2D eigenvalue weighted by atomic mass is 10.1. The van der Waals surface area contributed by atoms with Crippen LogP contribution in [0, 0.1) is 6.92 Å². The minimum Gasteiger partial charge on any atom is -0.354 e. The van der Waals surface area contributed by atoms with Crippen molar-refractivity contribution in [3.8, 4) is 0 Å². The highest BCUT2D eigenvalue weighted by atomic mass is 32.2. The van der Waals surface area contributed by atoms with Crippen LogP contribution in [0.2, 0.25) is 0 Å². The second-order valence-electron chi connectivity index (χ2n) is 6.89. The molecular weight excluding hydrogens is 368 g/mol. The van der Waals surface area contributed by atoms with Crippen LogP contribution in [-0.2, 0) is 16.0 Å². The molecule has 4 nitrogen and oxygen atoms in total. The molecule has 0 bridgehead atoms. The normalized spacial score (nSPS) is 11.7. The van der Waals surface area contributed by atoms with Gasteiger partial charge in [0, 0.05) is 18.0 Å². The van der Waals surface area contributed by atoms with E-state index >= 15 is 0 Å². The molecule has 0 radical (unpaired) electrons. The number of aryl methyl sites for hydroxylation is 1. The highest BCUT2D eigenvalue weighted by Crippen LogP contribution is 2.19. The zero-order valence-corrected chi connectivity index (χ0v) is 17.8. The molecule has 0 aromatic heterocycles. The van der Waals surface area contributed by atoms with E-state index in [1.807, 2.05) is 75.4 Å². The number of hydrogen-bond acceptors (Lipinski definition) is 3. The summed E-state index contributed by atoms with van der Waals surface area (Å²) in [6, 6.07) is 17.7. The number of benzene rings is 2. The van der Waals surface area contributed by atoms with Crippen molar-refractivity contribution in [3.63, 3.8) is 0 Å². The van der Waals surface area contributed by atoms with Crippen LogP contribution in [0.25, 0.3) is 0 Å². The molecule has 0 aliphatic heterocycles. The maximum absolute atomic E-state index is 12.9. The van der Waals surface area contributed by atoms with Crippen LogP contribution in [0.3, 0.4) is 0 Å². The molecule has 0 saturated carbocycles. The molecule has 1 N–H and O–H groups in total. The molecular formula is C23H30N2O2S. The lowest BCUT2D eigenvalue weighted by Crippen LogP contribution is -2.49. The van der Waals surface area contributed by atoms with E-state index in [0.29, 0.717) is 18.8 Å². The Morgan fingerprint density at radius 3 is 2.39 bits per heavy atom. The molecule has 2 aromatic carbocycles. The Balaban J connectivity index is 2.03. The number of nitrogens with zero attached hydrogens (tertiary/aromatic N) is 1. The van der Waals surface area contributed by atoms with Gasteiger partial charge in [0.1, 0.15) is 6.04 Å². The van der Waals surface area contributed by atoms with Crippen LogP contribution in [0.5, 0.6) is 0 Å². The van der Waals surface area contributed by atoms with Crippen molar-refractivity contribution in [2.75, 3.05) is 18.8 Å². The van der Waals surface area contributed by atoms with E-state index in [9.17, 15) is 9.59 Å². The lowest BCUT2D eigenvalue weighted by Gasteiger charge is -2.28. The molecule has 150 valence electrons. The van der Waals surface area contributed by atoms with E-state index in [0.717, 1.165) is 23.3 Å². The Bertz CT molecular complexity index is 747. The third-order valence-electron chi connectivity index (χ3n) is 4.58. The molecule has 0 heterocycles. The summed E-state index contributed by atoms with van der Waals surface area (Å²) in [5, 5.41) is 2.91. The maximum atomic E-state index is 12.9. The molecule has 0 saturated heterocycles. The minimum absolute atomic E-state index is 0.0133. The first-order chi connectivity index (χ1) is 13.5. The number of carbonyl (C=O) groups is 2. The van der Waals surface area contributed by atoms with Gasteiger partial charge in [-0.2, -0.15) is 0 Å². The smallest absolute Gasteiger partial charge is 0.242 e. The number of amides is 2. The number of thioether (sulfide) groups is 1. The SMILES string of the molecule is CCCNC(=O)[C@H](C)N(CCc1ccccc1)C(=O)CSc1ccc(C)cc1. The molecule has 5 heteroatoms. The molecule has 2 rings (SSSR count). The zero-order valence-electron chi connectivity index (χ0n) is 17.0. The molecule has 0 spiro atoms. The van der Waals surface area contributed by atoms with Crippen molar-refractivity contribution in [1.82, 2.24) is 10.2 Å². The molecule has 0 fully saturated rings. The fourth-order valence-corrected chi connectivity index (χ4v) is 3.61. The maximum Gasteiger partial charge on any atom is 0.242 e. The van der Waals surface area contributed by atoms with Crippen molar-refractivity contribution in [1.29, 1.82) is 0 Å². The first kappa shape index (κ1) is 22.0. The van der Waals surface area contributed by atoms with Gasteiger partial charge in [-0.3, -0.25) is 9.59 Å². The number of nitrogens with one attached hydrogen (secondary N) is 1. The summed E-state index contributed by atoms with van der Waals surface area (Å²) in [7, 11) is 0. The molecule has 28 heavy (non-hydrogen) atoms. The average molecular weight is 399 g/mol. The quantitative estimate of drug-likeness (QED) is 0.614. The molecule has 2 aromatic rings. The van der Waals surface area contributed by atoms with Gasteiger partial charge < -0.3 is 10.2 Å². The Kier molecular flexibility index (Phi) is 9.08. The van der Waals surface area contributed by atoms with Gasteiger partial charge in [0.2, 0.25) is 11.8 Å². The predicted molar refractivity (Wildman–Crippen MR) is 117 cm³/mol.